The maximum absolute atomic E-state index is 15.5. The number of carbonyl (C=O) groups excluding carboxylic acids is 2. The van der Waals surface area contributed by atoms with E-state index in [0.717, 1.165) is 27.7 Å². The number of benzene rings is 2. The van der Waals surface area contributed by atoms with Gasteiger partial charge in [-0.3, -0.25) is 24.0 Å². The predicted molar refractivity (Wildman–Crippen MR) is 256 cm³/mol. The highest BCUT2D eigenvalue weighted by molar-refractivity contribution is 7.54. The van der Waals surface area contributed by atoms with E-state index >= 15 is 9.59 Å². The van der Waals surface area contributed by atoms with E-state index in [-0.39, 0.29) is 25.2 Å². The second-order valence-electron chi connectivity index (χ2n) is 20.7. The van der Waals surface area contributed by atoms with Crippen molar-refractivity contribution in [3.05, 3.63) is 70.9 Å². The van der Waals surface area contributed by atoms with Gasteiger partial charge in [0.05, 0.1) is 39.1 Å². The molecule has 16 heteroatoms. The summed E-state index contributed by atoms with van der Waals surface area (Å²) in [7, 11) is 0.898. The number of hydrogen-bond acceptors (Lipinski definition) is 13. The summed E-state index contributed by atoms with van der Waals surface area (Å²) < 4.78 is 38.5. The molecule has 1 aromatic heterocycles. The summed E-state index contributed by atoms with van der Waals surface area (Å²) in [5, 5.41) is 42.9. The maximum atomic E-state index is 15.5. The molecule has 5 N–H and O–H groups in total. The quantitative estimate of drug-likeness (QED) is 0.0810. The third-order valence-electron chi connectivity index (χ3n) is 17.1. The molecule has 366 valence electrons. The molecule has 67 heavy (non-hydrogen) atoms. The topological polar surface area (TPSA) is 186 Å². The number of esters is 1. The van der Waals surface area contributed by atoms with Crippen molar-refractivity contribution in [2.24, 2.45) is 17.3 Å². The van der Waals surface area contributed by atoms with Crippen LogP contribution in [-0.4, -0.2) is 144 Å². The number of aromatic amines is 1. The van der Waals surface area contributed by atoms with Crippen LogP contribution >= 0.6 is 7.60 Å². The summed E-state index contributed by atoms with van der Waals surface area (Å²) in [6.07, 6.45) is 5.32. The number of aliphatic hydroxyl groups excluding tert-OH is 1. The predicted octanol–water partition coefficient (Wildman–Crippen LogP) is 5.61. The molecule has 1 aliphatic carbocycles. The van der Waals surface area contributed by atoms with Gasteiger partial charge in [0, 0.05) is 84.0 Å². The summed E-state index contributed by atoms with van der Waals surface area (Å²) in [6.45, 7) is 14.4. The van der Waals surface area contributed by atoms with E-state index in [2.05, 4.69) is 32.2 Å². The molecule has 0 radical (unpaired) electrons. The Morgan fingerprint density at radius 3 is 2.37 bits per heavy atom. The van der Waals surface area contributed by atoms with Crippen LogP contribution in [0.25, 0.3) is 10.9 Å². The lowest BCUT2D eigenvalue weighted by Gasteiger charge is -2.63. The second kappa shape index (κ2) is 17.3. The van der Waals surface area contributed by atoms with Gasteiger partial charge in [-0.25, -0.2) is 0 Å². The number of anilines is 1. The van der Waals surface area contributed by atoms with Gasteiger partial charge in [0.1, 0.15) is 23.1 Å². The number of carbonyl (C=O) groups is 2. The van der Waals surface area contributed by atoms with Gasteiger partial charge in [0.15, 0.2) is 5.60 Å². The summed E-state index contributed by atoms with van der Waals surface area (Å²) in [5.41, 5.74) is -2.27. The number of amides is 1. The van der Waals surface area contributed by atoms with Crippen LogP contribution in [0.4, 0.5) is 5.69 Å². The summed E-state index contributed by atoms with van der Waals surface area (Å²) >= 11 is 0. The normalized spacial score (nSPS) is 34.9. The number of H-pyrrole nitrogens is 1. The molecule has 1 spiro atoms. The van der Waals surface area contributed by atoms with Crippen LogP contribution in [0.1, 0.15) is 96.0 Å². The van der Waals surface area contributed by atoms with Crippen LogP contribution in [0.2, 0.25) is 0 Å². The van der Waals surface area contributed by atoms with E-state index in [1.54, 1.807) is 21.0 Å². The first-order chi connectivity index (χ1) is 31.9. The lowest BCUT2D eigenvalue weighted by molar-refractivity contribution is -0.203. The first kappa shape index (κ1) is 48.2. The Morgan fingerprint density at radius 2 is 1.72 bits per heavy atom. The van der Waals surface area contributed by atoms with Crippen molar-refractivity contribution >= 4 is 36.1 Å². The minimum Gasteiger partial charge on any atom is -0.496 e. The van der Waals surface area contributed by atoms with E-state index in [0.29, 0.717) is 88.2 Å². The maximum Gasteiger partial charge on any atom is 0.352 e. The van der Waals surface area contributed by atoms with E-state index in [1.807, 2.05) is 76.1 Å². The number of nitrogens with zero attached hydrogens (tertiary/aromatic N) is 3. The van der Waals surface area contributed by atoms with Gasteiger partial charge < -0.3 is 49.0 Å². The Morgan fingerprint density at radius 1 is 0.985 bits per heavy atom. The van der Waals surface area contributed by atoms with Gasteiger partial charge in [-0.15, -0.1) is 0 Å². The van der Waals surface area contributed by atoms with Gasteiger partial charge in [0.2, 0.25) is 0 Å². The van der Waals surface area contributed by atoms with Crippen molar-refractivity contribution in [2.75, 3.05) is 72.1 Å². The molecule has 11 atom stereocenters. The number of aliphatic hydroxyl groups is 3. The molecule has 3 fully saturated rings. The molecule has 2 bridgehead atoms. The average molecular weight is 946 g/mol. The Balaban J connectivity index is 1.31. The Labute approximate surface area is 395 Å². The molecule has 5 aliphatic heterocycles. The van der Waals surface area contributed by atoms with Crippen molar-refractivity contribution in [3.8, 4) is 5.75 Å². The fourth-order valence-electron chi connectivity index (χ4n) is 14.4. The van der Waals surface area contributed by atoms with Crippen molar-refractivity contribution < 1.29 is 48.0 Å². The zero-order valence-corrected chi connectivity index (χ0v) is 41.7. The highest BCUT2D eigenvalue weighted by atomic mass is 31.2. The summed E-state index contributed by atoms with van der Waals surface area (Å²) in [5.74, 6) is -2.61. The smallest absolute Gasteiger partial charge is 0.352 e. The van der Waals surface area contributed by atoms with Crippen LogP contribution in [0.15, 0.2) is 48.6 Å². The van der Waals surface area contributed by atoms with Crippen LogP contribution in [0, 0.1) is 17.3 Å². The number of ether oxygens (including phenoxy) is 2. The van der Waals surface area contributed by atoms with Gasteiger partial charge >= 0.3 is 13.6 Å². The number of para-hydroxylation sites is 1. The molecule has 2 unspecified atom stereocenters. The van der Waals surface area contributed by atoms with Gasteiger partial charge in [0.25, 0.3) is 5.91 Å². The van der Waals surface area contributed by atoms with Crippen molar-refractivity contribution in [1.82, 2.24) is 20.1 Å². The van der Waals surface area contributed by atoms with Crippen LogP contribution in [0.3, 0.4) is 0 Å². The largest absolute Gasteiger partial charge is 0.496 e. The first-order valence-corrected chi connectivity index (χ1v) is 26.2. The van der Waals surface area contributed by atoms with Gasteiger partial charge in [-0.1, -0.05) is 58.0 Å². The molecule has 9 rings (SSSR count). The zero-order valence-electron chi connectivity index (χ0n) is 40.8. The number of piperidine rings is 1. The lowest BCUT2D eigenvalue weighted by atomic mass is 9.47. The molecular formula is C51H72N5O10P. The number of likely N-dealkylation sites (N-methyl/N-ethyl adjacent to an activating group) is 1. The molecular weight excluding hydrogens is 874 g/mol. The average Bonchev–Trinajstić information content (AvgIpc) is 3.97. The molecule has 1 amide bonds. The van der Waals surface area contributed by atoms with Crippen molar-refractivity contribution in [1.29, 1.82) is 0 Å². The molecule has 1 saturated carbocycles. The van der Waals surface area contributed by atoms with Crippen LogP contribution < -0.4 is 15.0 Å². The Bertz CT molecular complexity index is 2490. The summed E-state index contributed by atoms with van der Waals surface area (Å²) in [4.78, 5) is 41.4. The van der Waals surface area contributed by atoms with E-state index in [4.69, 9.17) is 18.5 Å². The Kier molecular flexibility index (Phi) is 12.4. The van der Waals surface area contributed by atoms with Crippen LogP contribution in [0.5, 0.6) is 5.75 Å². The first-order valence-electron chi connectivity index (χ1n) is 24.5. The SMILES string of the molecule is CCOP(=O)(OCC)[C@@H](NC(=O)[C@]1(O)[C@@H]2N(C)c3cc(OC)c([C@@]4(C(=O)OC)C[C@@H]5CN(CCc6c4[nH]c4ccccc64)C[C@](O)(CC)C5)cc3C23CCN2CC=C[C@](CC)([C@H]23)[C@H]1O)C(C)C. The molecule has 15 nitrogen and oxygen atoms in total. The van der Waals surface area contributed by atoms with E-state index in [9.17, 15) is 19.9 Å². The fourth-order valence-corrected chi connectivity index (χ4v) is 16.6. The molecule has 2 aromatic carbocycles. The van der Waals surface area contributed by atoms with E-state index < -0.39 is 70.8 Å². The highest BCUT2D eigenvalue weighted by Gasteiger charge is 2.79. The molecule has 3 aromatic rings. The standard InChI is InChI=1S/C51H72N5O10P/c1-10-47(60)27-32-28-50(46(59)64-9,40-34(19-23-55(29-32)30-47)33-17-14-15-18-37(33)52-40)36-25-35-38(26-39(36)63-8)54(7)43-49(35)21-24-56-22-16-20-48(11-2,42(49)56)44(57)51(43,61)45(58)53-41(31(5)6)67(62,65-12-3)66-13-4/h14-18,20,25-26,31-32,41-44,52,57,60-61H,10-13,19,21-24,27-30H2,1-9H3,(H,53,58)/t32-,41-,42+,43-,44-,47+,48-,49?,50+,51+/m1/s1. The fraction of sp³-hybridized carbons (Fsp3) is 0.647. The highest BCUT2D eigenvalue weighted by Crippen LogP contribution is 2.68. The monoisotopic (exact) mass is 946 g/mol. The third kappa shape index (κ3) is 6.79. The molecule has 6 heterocycles. The Hall–Kier alpha value is -3.79. The number of nitrogens with one attached hydrogen (secondary N) is 2. The third-order valence-corrected chi connectivity index (χ3v) is 19.7. The number of fused-ring (bicyclic) bond motifs is 6. The van der Waals surface area contributed by atoms with Crippen LogP contribution in [-0.2, 0) is 45.2 Å². The van der Waals surface area contributed by atoms with Gasteiger partial charge in [-0.2, -0.15) is 0 Å². The lowest BCUT2D eigenvalue weighted by Crippen LogP contribution is -2.82. The summed E-state index contributed by atoms with van der Waals surface area (Å²) in [6, 6.07) is 10.7. The zero-order chi connectivity index (χ0) is 48.1. The number of methoxy groups -OCH3 is 2. The van der Waals surface area contributed by atoms with Crippen molar-refractivity contribution in [3.63, 3.8) is 0 Å². The molecule has 6 aliphatic rings. The number of aromatic nitrogens is 1. The molecule has 2 saturated heterocycles. The number of rotatable bonds is 13. The minimum absolute atomic E-state index is 0.0734. The second-order valence-corrected chi connectivity index (χ2v) is 22.8. The number of hydrogen-bond donors (Lipinski definition) is 5. The minimum atomic E-state index is -3.97. The van der Waals surface area contributed by atoms with Gasteiger partial charge in [-0.05, 0) is 94.0 Å². The van der Waals surface area contributed by atoms with Crippen molar-refractivity contribution in [2.45, 2.75) is 126 Å². The van der Waals surface area contributed by atoms with E-state index in [1.165, 1.54) is 7.11 Å².